The average Bonchev–Trinajstić information content (AvgIpc) is 3.96. The first kappa shape index (κ1) is 39.7. The minimum atomic E-state index is -0.602. The number of amides is 4. The number of hydrogen-bond acceptors (Lipinski definition) is 10. The Balaban J connectivity index is 0.00000120. The quantitative estimate of drug-likeness (QED) is 0.205. The molecule has 0 radical (unpaired) electrons. The molecule has 3 saturated heterocycles. The van der Waals surface area contributed by atoms with Gasteiger partial charge >= 0.3 is 0 Å². The zero-order chi connectivity index (χ0) is 40.4. The Kier molecular flexibility index (Phi) is 11.5. The van der Waals surface area contributed by atoms with Gasteiger partial charge in [0.25, 0.3) is 11.8 Å². The number of rotatable bonds is 7. The number of nitrogens with zero attached hydrogens (tertiary/aromatic N) is 8. The van der Waals surface area contributed by atoms with Crippen molar-refractivity contribution in [2.24, 2.45) is 5.41 Å². The van der Waals surface area contributed by atoms with Crippen molar-refractivity contribution in [1.29, 1.82) is 0 Å². The number of piperidine rings is 2. The highest BCUT2D eigenvalue weighted by Gasteiger charge is 2.45. The molecule has 14 nitrogen and oxygen atoms in total. The molecule has 7 heterocycles. The van der Waals surface area contributed by atoms with Gasteiger partial charge in [-0.2, -0.15) is 4.98 Å². The van der Waals surface area contributed by atoms with Crippen molar-refractivity contribution in [2.45, 2.75) is 97.7 Å². The van der Waals surface area contributed by atoms with E-state index in [-0.39, 0.29) is 41.5 Å². The van der Waals surface area contributed by atoms with Crippen LogP contribution in [0.5, 0.6) is 0 Å². The van der Waals surface area contributed by atoms with Gasteiger partial charge in [0.1, 0.15) is 23.2 Å². The number of pyridine rings is 1. The predicted molar refractivity (Wildman–Crippen MR) is 222 cm³/mol. The number of aromatic nitrogens is 4. The van der Waals surface area contributed by atoms with Crippen LogP contribution in [0.2, 0.25) is 0 Å². The summed E-state index contributed by atoms with van der Waals surface area (Å²) in [6, 6.07) is 11.7. The number of hydrogen-bond donors (Lipinski definition) is 2. The summed E-state index contributed by atoms with van der Waals surface area (Å²) in [5.41, 5.74) is 5.39. The van der Waals surface area contributed by atoms with Gasteiger partial charge in [-0.05, 0) is 68.0 Å². The number of carbonyl (C=O) groups is 4. The fourth-order valence-corrected chi connectivity index (χ4v) is 9.00. The second-order valence-electron chi connectivity index (χ2n) is 15.6. The highest BCUT2D eigenvalue weighted by Crippen LogP contribution is 2.44. The van der Waals surface area contributed by atoms with Crippen molar-refractivity contribution in [3.63, 3.8) is 0 Å². The maximum Gasteiger partial charge on any atom is 0.270 e. The third-order valence-electron chi connectivity index (χ3n) is 12.0. The second kappa shape index (κ2) is 16.5. The first-order chi connectivity index (χ1) is 27.6. The molecular formula is C43H56N10O4. The lowest BCUT2D eigenvalue weighted by atomic mass is 9.71. The fourth-order valence-electron chi connectivity index (χ4n) is 9.00. The third kappa shape index (κ3) is 7.65. The minimum absolute atomic E-state index is 0.0293. The molecule has 0 bridgehead atoms. The van der Waals surface area contributed by atoms with Gasteiger partial charge in [-0.3, -0.25) is 24.5 Å². The second-order valence-corrected chi connectivity index (χ2v) is 15.6. The molecule has 1 aromatic carbocycles. The summed E-state index contributed by atoms with van der Waals surface area (Å²) in [5, 5.41) is 6.51. The molecule has 4 aromatic rings. The molecule has 57 heavy (non-hydrogen) atoms. The SMILES string of the molecule is CC.CC.CN(C)C(=O)c1cc2cnc(Nc3ccc(N4CC5(CCN(c6ccc7c(c6)C(=O)N(C6CCC(=O)NC6=O)C7)CC5)C4)cn3)nc2n1C1CCCC1. The Morgan fingerprint density at radius 2 is 1.60 bits per heavy atom. The van der Waals surface area contributed by atoms with Crippen molar-refractivity contribution in [1.82, 2.24) is 34.6 Å². The predicted octanol–water partition coefficient (Wildman–Crippen LogP) is 6.31. The van der Waals surface area contributed by atoms with E-state index in [4.69, 9.17) is 9.97 Å². The molecule has 1 unspecified atom stereocenters. The van der Waals surface area contributed by atoms with Crippen LogP contribution in [0, 0.1) is 5.41 Å². The van der Waals surface area contributed by atoms with E-state index in [9.17, 15) is 19.2 Å². The molecule has 5 aliphatic rings. The fraction of sp³-hybridized carbons (Fsp3) is 0.512. The molecule has 3 aromatic heterocycles. The third-order valence-corrected chi connectivity index (χ3v) is 12.0. The Bertz CT molecular complexity index is 2130. The van der Waals surface area contributed by atoms with Crippen molar-refractivity contribution in [2.75, 3.05) is 55.4 Å². The molecule has 1 aliphatic carbocycles. The van der Waals surface area contributed by atoms with Gasteiger partial charge in [0.05, 0.1) is 11.9 Å². The summed E-state index contributed by atoms with van der Waals surface area (Å²) in [6.45, 7) is 12.2. The lowest BCUT2D eigenvalue weighted by Crippen LogP contribution is -2.60. The maximum atomic E-state index is 13.4. The number of anilines is 4. The monoisotopic (exact) mass is 776 g/mol. The Labute approximate surface area is 335 Å². The molecule has 9 rings (SSSR count). The summed E-state index contributed by atoms with van der Waals surface area (Å²) < 4.78 is 2.11. The highest BCUT2D eigenvalue weighted by atomic mass is 16.2. The molecule has 4 aliphatic heterocycles. The summed E-state index contributed by atoms with van der Waals surface area (Å²) in [7, 11) is 3.55. The van der Waals surface area contributed by atoms with Crippen molar-refractivity contribution in [3.8, 4) is 0 Å². The molecular weight excluding hydrogens is 721 g/mol. The molecule has 4 fully saturated rings. The van der Waals surface area contributed by atoms with Crippen LogP contribution in [0.3, 0.4) is 0 Å². The first-order valence-corrected chi connectivity index (χ1v) is 20.7. The maximum absolute atomic E-state index is 13.4. The number of benzene rings is 1. The van der Waals surface area contributed by atoms with Gasteiger partial charge in [-0.25, -0.2) is 9.97 Å². The zero-order valence-corrected chi connectivity index (χ0v) is 34.2. The van der Waals surface area contributed by atoms with Gasteiger partial charge in [-0.1, -0.05) is 46.6 Å². The molecule has 2 N–H and O–H groups in total. The Hall–Kier alpha value is -5.53. The van der Waals surface area contributed by atoms with Gasteiger partial charge in [-0.15, -0.1) is 0 Å². The lowest BCUT2D eigenvalue weighted by Gasteiger charge is -2.55. The molecule has 1 atom stereocenters. The largest absolute Gasteiger partial charge is 0.371 e. The van der Waals surface area contributed by atoms with Crippen LogP contribution < -0.4 is 20.4 Å². The van der Waals surface area contributed by atoms with Gasteiger partial charge in [0.2, 0.25) is 17.8 Å². The van der Waals surface area contributed by atoms with Crippen molar-refractivity contribution in [3.05, 3.63) is 65.6 Å². The normalized spacial score (nSPS) is 20.0. The van der Waals surface area contributed by atoms with Crippen LogP contribution in [-0.2, 0) is 16.1 Å². The van der Waals surface area contributed by atoms with E-state index in [1.165, 1.54) is 0 Å². The summed E-state index contributed by atoms with van der Waals surface area (Å²) >= 11 is 0. The Morgan fingerprint density at radius 3 is 2.26 bits per heavy atom. The number of fused-ring (bicyclic) bond motifs is 2. The zero-order valence-electron chi connectivity index (χ0n) is 34.2. The molecule has 4 amide bonds. The summed E-state index contributed by atoms with van der Waals surface area (Å²) in [6.07, 6.45) is 10.8. The Morgan fingerprint density at radius 1 is 0.877 bits per heavy atom. The lowest BCUT2D eigenvalue weighted by molar-refractivity contribution is -0.136. The van der Waals surface area contributed by atoms with Crippen LogP contribution in [0.1, 0.15) is 112 Å². The van der Waals surface area contributed by atoms with Crippen molar-refractivity contribution < 1.29 is 19.2 Å². The van der Waals surface area contributed by atoms with E-state index in [1.807, 2.05) is 58.2 Å². The van der Waals surface area contributed by atoms with E-state index in [0.717, 1.165) is 92.7 Å². The molecule has 14 heteroatoms. The van der Waals surface area contributed by atoms with Crippen LogP contribution in [0.25, 0.3) is 11.0 Å². The van der Waals surface area contributed by atoms with Crippen LogP contribution in [0.15, 0.2) is 48.8 Å². The summed E-state index contributed by atoms with van der Waals surface area (Å²) in [5.74, 6) is 0.285. The molecule has 1 saturated carbocycles. The van der Waals surface area contributed by atoms with Crippen LogP contribution in [0.4, 0.5) is 23.1 Å². The van der Waals surface area contributed by atoms with Gasteiger partial charge in [0, 0.05) is 87.5 Å². The first-order valence-electron chi connectivity index (χ1n) is 20.7. The van der Waals surface area contributed by atoms with Gasteiger partial charge < -0.3 is 29.5 Å². The number of carbonyl (C=O) groups excluding carboxylic acids is 4. The standard InChI is InChI=1S/C39H44N10O4.2C2H6/c1-45(2)37(53)31-17-25-19-41-38(44-34(25)49(31)26-5-3-4-6-26)42-32-11-9-28(20-40-32)47-22-39(23-47)13-15-46(16-14-39)27-8-7-24-21-48(36(52)29(24)18-27)30-10-12-33(50)43-35(30)51;2*1-2/h7-9,11,17-20,26,30H,3-6,10,12-16,21-23H2,1-2H3,(H,43,50,51)(H,40,41,42,44);2*1-2H3. The van der Waals surface area contributed by atoms with E-state index >= 15 is 0 Å². The van der Waals surface area contributed by atoms with Crippen LogP contribution in [-0.4, -0.2) is 99.3 Å². The average molecular weight is 777 g/mol. The van der Waals surface area contributed by atoms with E-state index < -0.39 is 6.04 Å². The van der Waals surface area contributed by atoms with E-state index in [1.54, 1.807) is 30.1 Å². The topological polar surface area (TPSA) is 149 Å². The smallest absolute Gasteiger partial charge is 0.270 e. The molecule has 1 spiro atoms. The molecule has 302 valence electrons. The van der Waals surface area contributed by atoms with Crippen molar-refractivity contribution >= 4 is 57.8 Å². The van der Waals surface area contributed by atoms with Crippen LogP contribution >= 0.6 is 0 Å². The van der Waals surface area contributed by atoms with E-state index in [2.05, 4.69) is 42.1 Å². The minimum Gasteiger partial charge on any atom is -0.371 e. The number of imide groups is 1. The van der Waals surface area contributed by atoms with E-state index in [0.29, 0.717) is 36.0 Å². The highest BCUT2D eigenvalue weighted by molar-refractivity contribution is 6.05. The van der Waals surface area contributed by atoms with Gasteiger partial charge in [0.15, 0.2) is 0 Å². The number of nitrogens with one attached hydrogen (secondary N) is 2. The summed E-state index contributed by atoms with van der Waals surface area (Å²) in [4.78, 5) is 72.6.